The highest BCUT2D eigenvalue weighted by molar-refractivity contribution is 9.10. The second-order valence-corrected chi connectivity index (χ2v) is 10.5. The number of carbonyl (C=O) groups is 3. The highest BCUT2D eigenvalue weighted by Gasteiger charge is 2.69. The summed E-state index contributed by atoms with van der Waals surface area (Å²) in [6.45, 7) is 1.50. The Morgan fingerprint density at radius 3 is 2.54 bits per heavy atom. The molecule has 0 aromatic heterocycles. The van der Waals surface area contributed by atoms with Crippen molar-refractivity contribution in [2.45, 2.75) is 24.4 Å². The van der Waals surface area contributed by atoms with Crippen LogP contribution in [-0.2, 0) is 15.0 Å². The van der Waals surface area contributed by atoms with Gasteiger partial charge in [0.15, 0.2) is 11.6 Å². The van der Waals surface area contributed by atoms with Gasteiger partial charge in [-0.05, 0) is 54.4 Å². The number of amides is 1. The number of nitrogens with zero attached hydrogens (tertiary/aromatic N) is 1. The number of halogens is 2. The second-order valence-electron chi connectivity index (χ2n) is 9.19. The van der Waals surface area contributed by atoms with Crippen molar-refractivity contribution in [3.05, 3.63) is 99.0 Å². The Bertz CT molecular complexity index is 1450. The molecule has 6 rings (SSSR count). The van der Waals surface area contributed by atoms with Crippen LogP contribution in [0.5, 0.6) is 0 Å². The number of anilines is 2. The number of ketones is 2. The molecule has 4 atom stereocenters. The summed E-state index contributed by atoms with van der Waals surface area (Å²) in [5, 5.41) is 3.59. The summed E-state index contributed by atoms with van der Waals surface area (Å²) in [5.74, 6) is -1.60. The van der Waals surface area contributed by atoms with Gasteiger partial charge in [-0.1, -0.05) is 70.0 Å². The first-order valence-corrected chi connectivity index (χ1v) is 12.5. The van der Waals surface area contributed by atoms with Crippen LogP contribution in [0.1, 0.15) is 28.4 Å². The largest absolute Gasteiger partial charge is 0.352 e. The molecular formula is C28H20BrClN2O3. The molecule has 1 fully saturated rings. The van der Waals surface area contributed by atoms with Crippen LogP contribution in [0.4, 0.5) is 11.4 Å². The zero-order chi connectivity index (χ0) is 24.5. The molecule has 174 valence electrons. The third-order valence-electron chi connectivity index (χ3n) is 7.42. The summed E-state index contributed by atoms with van der Waals surface area (Å²) < 4.78 is 0.841. The average molecular weight is 548 g/mol. The highest BCUT2D eigenvalue weighted by atomic mass is 79.9. The van der Waals surface area contributed by atoms with Crippen LogP contribution in [0.3, 0.4) is 0 Å². The third-order valence-corrected chi connectivity index (χ3v) is 8.19. The maximum Gasteiger partial charge on any atom is 0.238 e. The molecule has 0 saturated carbocycles. The molecule has 3 aliphatic heterocycles. The number of benzene rings is 3. The number of nitrogens with one attached hydrogen (secondary N) is 1. The van der Waals surface area contributed by atoms with Crippen LogP contribution in [0.2, 0.25) is 5.02 Å². The summed E-state index contributed by atoms with van der Waals surface area (Å²) >= 11 is 9.68. The van der Waals surface area contributed by atoms with Crippen LogP contribution < -0.4 is 10.2 Å². The van der Waals surface area contributed by atoms with E-state index in [-0.39, 0.29) is 17.5 Å². The Balaban J connectivity index is 1.65. The number of rotatable bonds is 3. The lowest BCUT2D eigenvalue weighted by Crippen LogP contribution is -2.51. The third kappa shape index (κ3) is 3.03. The number of para-hydroxylation sites is 1. The fraction of sp³-hybridized carbons (Fsp3) is 0.179. The van der Waals surface area contributed by atoms with E-state index in [4.69, 9.17) is 11.6 Å². The van der Waals surface area contributed by atoms with Gasteiger partial charge in [-0.15, -0.1) is 0 Å². The molecule has 1 saturated heterocycles. The summed E-state index contributed by atoms with van der Waals surface area (Å²) in [6.07, 6.45) is 3.87. The van der Waals surface area contributed by atoms with E-state index >= 15 is 0 Å². The molecule has 3 aromatic carbocycles. The van der Waals surface area contributed by atoms with Gasteiger partial charge in [0.25, 0.3) is 0 Å². The summed E-state index contributed by atoms with van der Waals surface area (Å²) in [7, 11) is 0. The van der Waals surface area contributed by atoms with Crippen LogP contribution >= 0.6 is 27.5 Å². The number of fused-ring (bicyclic) bond motifs is 6. The van der Waals surface area contributed by atoms with Crippen molar-refractivity contribution >= 4 is 62.5 Å². The zero-order valence-electron chi connectivity index (χ0n) is 18.7. The lowest BCUT2D eigenvalue weighted by Gasteiger charge is -2.37. The maximum absolute atomic E-state index is 14.3. The molecule has 35 heavy (non-hydrogen) atoms. The molecule has 7 heteroatoms. The molecule has 0 bridgehead atoms. The topological polar surface area (TPSA) is 66.5 Å². The van der Waals surface area contributed by atoms with Gasteiger partial charge < -0.3 is 10.2 Å². The minimum absolute atomic E-state index is 0.171. The lowest BCUT2D eigenvalue weighted by atomic mass is 9.64. The molecule has 0 unspecified atom stereocenters. The number of carbonyl (C=O) groups excluding carboxylic acids is 3. The predicted molar refractivity (Wildman–Crippen MR) is 140 cm³/mol. The zero-order valence-corrected chi connectivity index (χ0v) is 21.0. The van der Waals surface area contributed by atoms with E-state index in [0.29, 0.717) is 16.3 Å². The smallest absolute Gasteiger partial charge is 0.238 e. The Kier molecular flexibility index (Phi) is 5.02. The van der Waals surface area contributed by atoms with Gasteiger partial charge >= 0.3 is 0 Å². The molecule has 0 radical (unpaired) electrons. The minimum atomic E-state index is -1.27. The molecule has 1 spiro atoms. The van der Waals surface area contributed by atoms with Crippen LogP contribution in [-0.4, -0.2) is 29.6 Å². The quantitative estimate of drug-likeness (QED) is 0.430. The average Bonchev–Trinajstić information content (AvgIpc) is 3.32. The predicted octanol–water partition coefficient (Wildman–Crippen LogP) is 5.66. The monoisotopic (exact) mass is 546 g/mol. The van der Waals surface area contributed by atoms with Crippen LogP contribution in [0.25, 0.3) is 6.08 Å². The van der Waals surface area contributed by atoms with Gasteiger partial charge in [0.05, 0.1) is 18.0 Å². The van der Waals surface area contributed by atoms with Crippen LogP contribution in [0.15, 0.2) is 77.3 Å². The van der Waals surface area contributed by atoms with Crippen molar-refractivity contribution in [3.8, 4) is 0 Å². The van der Waals surface area contributed by atoms with Crippen molar-refractivity contribution in [2.24, 2.45) is 5.92 Å². The van der Waals surface area contributed by atoms with E-state index in [9.17, 15) is 14.4 Å². The van der Waals surface area contributed by atoms with Crippen molar-refractivity contribution in [1.29, 1.82) is 0 Å². The normalized spacial score (nSPS) is 25.7. The number of Topliss-reactive ketones (excluding diaryl/α,β-unsaturated/α-hetero) is 2. The molecule has 1 amide bonds. The first-order chi connectivity index (χ1) is 16.8. The molecule has 3 aromatic rings. The standard InChI is InChI=1S/C28H20BrClN2O3/c1-15(33)25-24(26(34)16-6-9-18(29)10-7-16)28(20-4-2-3-5-21(20)31-27(28)35)23-13-8-17-14-19(30)11-12-22(17)32(23)25/h2-14,23-25H,1H3,(H,31,35)/t23-,24+,25+,28-/m0/s1. The fourth-order valence-electron chi connectivity index (χ4n) is 6.10. The summed E-state index contributed by atoms with van der Waals surface area (Å²) in [4.78, 5) is 43.6. The number of hydrogen-bond acceptors (Lipinski definition) is 4. The highest BCUT2D eigenvalue weighted by Crippen LogP contribution is 2.57. The van der Waals surface area contributed by atoms with Gasteiger partial charge in [0, 0.05) is 26.4 Å². The van der Waals surface area contributed by atoms with E-state index in [1.54, 1.807) is 30.3 Å². The minimum Gasteiger partial charge on any atom is -0.352 e. The Hall–Kier alpha value is -3.22. The van der Waals surface area contributed by atoms with Gasteiger partial charge in [0.2, 0.25) is 5.91 Å². The molecular weight excluding hydrogens is 528 g/mol. The Morgan fingerprint density at radius 2 is 1.80 bits per heavy atom. The first kappa shape index (κ1) is 22.3. The van der Waals surface area contributed by atoms with Gasteiger partial charge in [0.1, 0.15) is 5.41 Å². The molecule has 3 heterocycles. The van der Waals surface area contributed by atoms with E-state index in [0.717, 1.165) is 21.3 Å². The molecule has 1 N–H and O–H groups in total. The SMILES string of the molecule is CC(=O)[C@@H]1[C@H](C(=O)c2ccc(Br)cc2)[C@@]2(C(=O)Nc3ccccc32)[C@@H]2C=Cc3cc(Cl)ccc3N12. The van der Waals surface area contributed by atoms with Crippen LogP contribution in [0, 0.1) is 5.92 Å². The van der Waals surface area contributed by atoms with Gasteiger partial charge in [-0.3, -0.25) is 14.4 Å². The van der Waals surface area contributed by atoms with E-state index < -0.39 is 23.4 Å². The molecule has 3 aliphatic rings. The Morgan fingerprint density at radius 1 is 1.06 bits per heavy atom. The van der Waals surface area contributed by atoms with E-state index in [1.165, 1.54) is 6.92 Å². The maximum atomic E-state index is 14.3. The second kappa shape index (κ2) is 7.90. The Labute approximate surface area is 215 Å². The van der Waals surface area contributed by atoms with Gasteiger partial charge in [-0.25, -0.2) is 0 Å². The van der Waals surface area contributed by atoms with Crippen molar-refractivity contribution in [1.82, 2.24) is 0 Å². The van der Waals surface area contributed by atoms with E-state index in [2.05, 4.69) is 21.2 Å². The molecule has 0 aliphatic carbocycles. The first-order valence-electron chi connectivity index (χ1n) is 11.3. The number of hydrogen-bond donors (Lipinski definition) is 1. The summed E-state index contributed by atoms with van der Waals surface area (Å²) in [6, 6.07) is 18.6. The van der Waals surface area contributed by atoms with Crippen molar-refractivity contribution in [3.63, 3.8) is 0 Å². The van der Waals surface area contributed by atoms with Crippen molar-refractivity contribution in [2.75, 3.05) is 10.2 Å². The molecule has 5 nitrogen and oxygen atoms in total. The van der Waals surface area contributed by atoms with Crippen molar-refractivity contribution < 1.29 is 14.4 Å². The lowest BCUT2D eigenvalue weighted by molar-refractivity contribution is -0.122. The van der Waals surface area contributed by atoms with Gasteiger partial charge in [-0.2, -0.15) is 0 Å². The van der Waals surface area contributed by atoms with E-state index in [1.807, 2.05) is 53.5 Å². The summed E-state index contributed by atoms with van der Waals surface area (Å²) in [5.41, 5.74) is 2.22. The fourth-order valence-corrected chi connectivity index (χ4v) is 6.54.